The first-order valence-corrected chi connectivity index (χ1v) is 5.33. The number of nitrogens with one attached hydrogen (secondary N) is 1. The first-order chi connectivity index (χ1) is 7.45. The van der Waals surface area contributed by atoms with E-state index in [0.717, 1.165) is 18.7 Å². The van der Waals surface area contributed by atoms with Gasteiger partial charge in [0.1, 0.15) is 0 Å². The normalized spacial score (nSPS) is 22.9. The van der Waals surface area contributed by atoms with Crippen LogP contribution in [0.3, 0.4) is 0 Å². The molecule has 1 aromatic heterocycles. The summed E-state index contributed by atoms with van der Waals surface area (Å²) >= 11 is 0. The number of hydrogen-bond acceptors (Lipinski definition) is 4. The zero-order chi connectivity index (χ0) is 10.1. The summed E-state index contributed by atoms with van der Waals surface area (Å²) in [6.07, 6.45) is 3.56. The van der Waals surface area contributed by atoms with E-state index in [9.17, 15) is 0 Å². The Labute approximate surface area is 88.6 Å². The minimum atomic E-state index is -0.177. The molecule has 0 bridgehead atoms. The van der Waals surface area contributed by atoms with Crippen molar-refractivity contribution < 1.29 is 9.47 Å². The molecule has 15 heavy (non-hydrogen) atoms. The largest absolute Gasteiger partial charge is 0.346 e. The van der Waals surface area contributed by atoms with Crippen LogP contribution in [0.25, 0.3) is 0 Å². The lowest BCUT2D eigenvalue weighted by molar-refractivity contribution is -0.0451. The van der Waals surface area contributed by atoms with Crippen LogP contribution in [-0.2, 0) is 9.47 Å². The second-order valence-corrected chi connectivity index (χ2v) is 3.93. The van der Waals surface area contributed by atoms with Crippen LogP contribution < -0.4 is 5.32 Å². The minimum absolute atomic E-state index is 0.177. The molecule has 0 unspecified atom stereocenters. The summed E-state index contributed by atoms with van der Waals surface area (Å²) in [5, 5.41) is 3.27. The summed E-state index contributed by atoms with van der Waals surface area (Å²) in [6.45, 7) is 3.45. The maximum atomic E-state index is 5.53. The number of pyridine rings is 1. The van der Waals surface area contributed by atoms with Crippen molar-refractivity contribution in [1.82, 2.24) is 10.3 Å². The second-order valence-electron chi connectivity index (χ2n) is 3.93. The van der Waals surface area contributed by atoms with E-state index in [1.165, 1.54) is 5.56 Å². The molecular weight excluding hydrogens is 192 g/mol. The van der Waals surface area contributed by atoms with Gasteiger partial charge in [-0.3, -0.25) is 4.98 Å². The monoisotopic (exact) mass is 206 g/mol. The van der Waals surface area contributed by atoms with Crippen molar-refractivity contribution in [3.05, 3.63) is 29.6 Å². The zero-order valence-electron chi connectivity index (χ0n) is 8.48. The number of rotatable bonds is 2. The molecule has 0 saturated carbocycles. The molecule has 0 aromatic carbocycles. The summed E-state index contributed by atoms with van der Waals surface area (Å²) in [4.78, 5) is 4.18. The average Bonchev–Trinajstić information content (AvgIpc) is 2.69. The lowest BCUT2D eigenvalue weighted by Crippen LogP contribution is -2.40. The summed E-state index contributed by atoms with van der Waals surface area (Å²) in [5.74, 6) is 0.571. The Morgan fingerprint density at radius 3 is 2.67 bits per heavy atom. The van der Waals surface area contributed by atoms with E-state index < -0.39 is 0 Å². The standard InChI is InChI=1S/C11H14N2O2/c1-2-12-7-10(8-5-13-6-8)9(1)11-14-3-4-15-11/h1-2,7-8,11,13H,3-6H2. The number of nitrogens with zero attached hydrogens (tertiary/aromatic N) is 1. The minimum Gasteiger partial charge on any atom is -0.346 e. The predicted octanol–water partition coefficient (Wildman–Crippen LogP) is 0.814. The van der Waals surface area contributed by atoms with Crippen LogP contribution in [0.2, 0.25) is 0 Å². The van der Waals surface area contributed by atoms with Crippen LogP contribution in [0, 0.1) is 0 Å². The molecule has 1 N–H and O–H groups in total. The van der Waals surface area contributed by atoms with E-state index in [1.807, 2.05) is 12.3 Å². The second kappa shape index (κ2) is 3.89. The lowest BCUT2D eigenvalue weighted by Gasteiger charge is -2.29. The van der Waals surface area contributed by atoms with Crippen molar-refractivity contribution in [2.24, 2.45) is 0 Å². The van der Waals surface area contributed by atoms with Gasteiger partial charge < -0.3 is 14.8 Å². The number of ether oxygens (including phenoxy) is 2. The van der Waals surface area contributed by atoms with Gasteiger partial charge in [0, 0.05) is 37.0 Å². The fraction of sp³-hybridized carbons (Fsp3) is 0.545. The maximum absolute atomic E-state index is 5.53. The smallest absolute Gasteiger partial charge is 0.184 e. The van der Waals surface area contributed by atoms with E-state index in [0.29, 0.717) is 19.1 Å². The number of aromatic nitrogens is 1. The van der Waals surface area contributed by atoms with Crippen molar-refractivity contribution in [2.45, 2.75) is 12.2 Å². The summed E-state index contributed by atoms with van der Waals surface area (Å²) < 4.78 is 11.1. The fourth-order valence-electron chi connectivity index (χ4n) is 2.02. The summed E-state index contributed by atoms with van der Waals surface area (Å²) in [5.41, 5.74) is 2.41. The van der Waals surface area contributed by atoms with Crippen LogP contribution in [0.5, 0.6) is 0 Å². The highest BCUT2D eigenvalue weighted by Crippen LogP contribution is 2.31. The van der Waals surface area contributed by atoms with Gasteiger partial charge in [-0.25, -0.2) is 0 Å². The Balaban J connectivity index is 1.90. The van der Waals surface area contributed by atoms with Crippen LogP contribution in [0.15, 0.2) is 18.5 Å². The Morgan fingerprint density at radius 2 is 2.00 bits per heavy atom. The van der Waals surface area contributed by atoms with Gasteiger partial charge in [-0.15, -0.1) is 0 Å². The maximum Gasteiger partial charge on any atom is 0.184 e. The predicted molar refractivity (Wildman–Crippen MR) is 54.5 cm³/mol. The van der Waals surface area contributed by atoms with Crippen molar-refractivity contribution in [3.8, 4) is 0 Å². The first kappa shape index (κ1) is 9.27. The molecule has 0 amide bonds. The molecule has 1 aromatic rings. The molecule has 0 atom stereocenters. The van der Waals surface area contributed by atoms with E-state index in [-0.39, 0.29) is 6.29 Å². The Hall–Kier alpha value is -0.970. The van der Waals surface area contributed by atoms with Gasteiger partial charge in [0.2, 0.25) is 0 Å². The van der Waals surface area contributed by atoms with E-state index in [2.05, 4.69) is 10.3 Å². The molecule has 4 nitrogen and oxygen atoms in total. The van der Waals surface area contributed by atoms with E-state index in [4.69, 9.17) is 9.47 Å². The molecule has 80 valence electrons. The third-order valence-electron chi connectivity index (χ3n) is 2.98. The lowest BCUT2D eigenvalue weighted by atomic mass is 9.91. The summed E-state index contributed by atoms with van der Waals surface area (Å²) in [6, 6.07) is 2.00. The molecule has 4 heteroatoms. The Bertz CT molecular complexity index is 346. The van der Waals surface area contributed by atoms with Gasteiger partial charge in [-0.2, -0.15) is 0 Å². The third-order valence-corrected chi connectivity index (χ3v) is 2.98. The highest BCUT2D eigenvalue weighted by atomic mass is 16.7. The van der Waals surface area contributed by atoms with Gasteiger partial charge in [0.05, 0.1) is 13.2 Å². The van der Waals surface area contributed by atoms with Crippen LogP contribution in [0.1, 0.15) is 23.3 Å². The molecule has 2 aliphatic rings. The van der Waals surface area contributed by atoms with Crippen LogP contribution in [-0.4, -0.2) is 31.3 Å². The van der Waals surface area contributed by atoms with Crippen molar-refractivity contribution in [1.29, 1.82) is 0 Å². The van der Waals surface area contributed by atoms with Gasteiger partial charge in [0.25, 0.3) is 0 Å². The van der Waals surface area contributed by atoms with Crippen molar-refractivity contribution >= 4 is 0 Å². The highest BCUT2D eigenvalue weighted by molar-refractivity contribution is 5.30. The van der Waals surface area contributed by atoms with E-state index >= 15 is 0 Å². The fourth-order valence-corrected chi connectivity index (χ4v) is 2.02. The average molecular weight is 206 g/mol. The first-order valence-electron chi connectivity index (χ1n) is 5.33. The SMILES string of the molecule is c1cc(C2OCCO2)c(C2CNC2)cn1. The van der Waals surface area contributed by atoms with Crippen LogP contribution in [0.4, 0.5) is 0 Å². The summed E-state index contributed by atoms with van der Waals surface area (Å²) in [7, 11) is 0. The highest BCUT2D eigenvalue weighted by Gasteiger charge is 2.27. The Morgan fingerprint density at radius 1 is 1.20 bits per heavy atom. The molecule has 0 spiro atoms. The zero-order valence-corrected chi connectivity index (χ0v) is 8.48. The van der Waals surface area contributed by atoms with Gasteiger partial charge in [-0.05, 0) is 11.6 Å². The molecule has 2 fully saturated rings. The van der Waals surface area contributed by atoms with Crippen LogP contribution >= 0.6 is 0 Å². The van der Waals surface area contributed by atoms with Crippen molar-refractivity contribution in [3.63, 3.8) is 0 Å². The Kier molecular flexibility index (Phi) is 2.40. The molecule has 2 aliphatic heterocycles. The van der Waals surface area contributed by atoms with Gasteiger partial charge in [0.15, 0.2) is 6.29 Å². The molecule has 0 radical (unpaired) electrons. The molecule has 3 rings (SSSR count). The van der Waals surface area contributed by atoms with Crippen molar-refractivity contribution in [2.75, 3.05) is 26.3 Å². The molecule has 2 saturated heterocycles. The quantitative estimate of drug-likeness (QED) is 0.777. The van der Waals surface area contributed by atoms with E-state index in [1.54, 1.807) is 6.20 Å². The molecular formula is C11H14N2O2. The third kappa shape index (κ3) is 1.65. The topological polar surface area (TPSA) is 43.4 Å². The molecule has 3 heterocycles. The van der Waals surface area contributed by atoms with Gasteiger partial charge in [-0.1, -0.05) is 0 Å². The van der Waals surface area contributed by atoms with Gasteiger partial charge >= 0.3 is 0 Å². The molecule has 0 aliphatic carbocycles. The number of hydrogen-bond donors (Lipinski definition) is 1.